The number of anilines is 1. The van der Waals surface area contributed by atoms with Gasteiger partial charge in [-0.25, -0.2) is 0 Å². The van der Waals surface area contributed by atoms with Gasteiger partial charge in [0, 0.05) is 13.2 Å². The molecule has 0 saturated heterocycles. The van der Waals surface area contributed by atoms with Gasteiger partial charge >= 0.3 is 5.97 Å². The summed E-state index contributed by atoms with van der Waals surface area (Å²) in [6.45, 7) is 12.9. The highest BCUT2D eigenvalue weighted by atomic mass is 16.5. The van der Waals surface area contributed by atoms with Crippen molar-refractivity contribution >= 4 is 29.4 Å². The Hall–Kier alpha value is -2.94. The maximum Gasteiger partial charge on any atom is 0.308 e. The molecule has 9 heteroatoms. The van der Waals surface area contributed by atoms with E-state index >= 15 is 0 Å². The van der Waals surface area contributed by atoms with Crippen LogP contribution in [0.15, 0.2) is 24.3 Å². The number of hydrogen-bond acceptors (Lipinski definition) is 6. The molecule has 0 fully saturated rings. The lowest BCUT2D eigenvalue weighted by molar-refractivity contribution is -0.148. The summed E-state index contributed by atoms with van der Waals surface area (Å²) < 4.78 is 5.18. The predicted molar refractivity (Wildman–Crippen MR) is 136 cm³/mol. The minimum Gasteiger partial charge on any atom is -0.461 e. The third-order valence-corrected chi connectivity index (χ3v) is 4.76. The summed E-state index contributed by atoms with van der Waals surface area (Å²) in [4.78, 5) is 48.9. The van der Waals surface area contributed by atoms with Crippen molar-refractivity contribution in [3.8, 4) is 0 Å². The van der Waals surface area contributed by atoms with E-state index in [1.165, 1.54) is 0 Å². The first-order chi connectivity index (χ1) is 15.4. The Labute approximate surface area is 205 Å². The van der Waals surface area contributed by atoms with Crippen LogP contribution in [-0.2, 0) is 30.5 Å². The van der Waals surface area contributed by atoms with Gasteiger partial charge in [-0.05, 0) is 30.5 Å². The monoisotopic (exact) mass is 480 g/mol. The number of rotatable bonds is 12. The van der Waals surface area contributed by atoms with Crippen molar-refractivity contribution < 1.29 is 25.3 Å². The minimum absolute atomic E-state index is 0. The second-order valence-corrected chi connectivity index (χ2v) is 9.00. The Kier molecular flexibility index (Phi) is 13.8. The van der Waals surface area contributed by atoms with Crippen LogP contribution in [0.5, 0.6) is 0 Å². The lowest BCUT2D eigenvalue weighted by Gasteiger charge is -2.24. The first-order valence-electron chi connectivity index (χ1n) is 11.3. The van der Waals surface area contributed by atoms with Crippen LogP contribution in [0.4, 0.5) is 5.69 Å². The molecule has 0 saturated carbocycles. The molecule has 3 amide bonds. The Morgan fingerprint density at radius 1 is 0.882 bits per heavy atom. The van der Waals surface area contributed by atoms with Crippen molar-refractivity contribution in [2.45, 2.75) is 80.6 Å². The van der Waals surface area contributed by atoms with E-state index in [0.29, 0.717) is 5.69 Å². The number of esters is 1. The molecule has 0 radical (unpaired) electrons. The van der Waals surface area contributed by atoms with Crippen LogP contribution < -0.4 is 21.3 Å². The van der Waals surface area contributed by atoms with Crippen LogP contribution in [0, 0.1) is 11.8 Å². The Morgan fingerprint density at radius 3 is 1.97 bits per heavy atom. The third kappa shape index (κ3) is 11.3. The molecule has 34 heavy (non-hydrogen) atoms. The molecule has 1 rings (SSSR count). The molecule has 1 aromatic rings. The van der Waals surface area contributed by atoms with Crippen molar-refractivity contribution in [1.82, 2.24) is 16.0 Å². The summed E-state index contributed by atoms with van der Waals surface area (Å²) in [6, 6.07) is 5.48. The summed E-state index contributed by atoms with van der Waals surface area (Å²) in [6.07, 6.45) is 0. The van der Waals surface area contributed by atoms with E-state index in [2.05, 4.69) is 21.3 Å². The van der Waals surface area contributed by atoms with Crippen LogP contribution in [0.25, 0.3) is 0 Å². The van der Waals surface area contributed by atoms with Gasteiger partial charge in [0.1, 0.15) is 18.7 Å². The molecule has 1 unspecified atom stereocenters. The first-order valence-corrected chi connectivity index (χ1v) is 11.3. The molecule has 194 valence electrons. The Bertz CT molecular complexity index is 813. The number of carbonyl (C=O) groups is 4. The summed E-state index contributed by atoms with van der Waals surface area (Å²) in [7, 11) is 0. The van der Waals surface area contributed by atoms with Gasteiger partial charge in [-0.15, -0.1) is 0 Å². The quantitative estimate of drug-likeness (QED) is 0.341. The van der Waals surface area contributed by atoms with Gasteiger partial charge in [-0.2, -0.15) is 0 Å². The number of hydrogen-bond donors (Lipinski definition) is 4. The topological polar surface area (TPSA) is 126 Å². The number of amides is 3. The van der Waals surface area contributed by atoms with Crippen LogP contribution in [-0.4, -0.2) is 48.4 Å². The number of carbonyl (C=O) groups excluding carboxylic acids is 4. The predicted octanol–water partition coefficient (Wildman–Crippen LogP) is 2.85. The average molecular weight is 481 g/mol. The normalized spacial score (nSPS) is 12.5. The smallest absolute Gasteiger partial charge is 0.308 e. The van der Waals surface area contributed by atoms with Gasteiger partial charge in [0.15, 0.2) is 0 Å². The third-order valence-electron chi connectivity index (χ3n) is 4.76. The highest BCUT2D eigenvalue weighted by molar-refractivity contribution is 5.98. The van der Waals surface area contributed by atoms with Gasteiger partial charge in [-0.1, -0.05) is 61.1 Å². The molecule has 0 aliphatic carbocycles. The molecule has 4 N–H and O–H groups in total. The Morgan fingerprint density at radius 2 is 1.47 bits per heavy atom. The molecular weight excluding hydrogens is 436 g/mol. The van der Waals surface area contributed by atoms with Crippen LogP contribution in [0.2, 0.25) is 0 Å². The second-order valence-electron chi connectivity index (χ2n) is 9.00. The van der Waals surface area contributed by atoms with Crippen molar-refractivity contribution in [2.24, 2.45) is 11.8 Å². The highest BCUT2D eigenvalue weighted by Crippen LogP contribution is 2.12. The van der Waals surface area contributed by atoms with Crippen molar-refractivity contribution in [3.05, 3.63) is 29.8 Å². The summed E-state index contributed by atoms with van der Waals surface area (Å²) >= 11 is 0. The standard InChI is InChI=1S/C24H38N4O5.CH4.H2/c1-14(2)21(28-20(29)12-25-16(5)6)23(31)26-17(7)22(30)27-19-10-8-18(9-11-19)13-33-24(32)15(3)4;;/h8-11,14-17,21,25H,12-13H2,1-7H3,(H,26,31)(H,27,30)(H,28,29);1H4;1H/t17?,21-;;/m0../s1. The van der Waals surface area contributed by atoms with Gasteiger partial charge < -0.3 is 26.0 Å². The number of benzene rings is 1. The molecule has 0 aromatic heterocycles. The fraction of sp³-hybridized carbons (Fsp3) is 0.600. The van der Waals surface area contributed by atoms with Gasteiger partial charge in [0.25, 0.3) is 0 Å². The molecule has 0 spiro atoms. The van der Waals surface area contributed by atoms with E-state index in [4.69, 9.17) is 4.74 Å². The SMILES string of the molecule is C.CC(C)NCC(=O)N[C@H](C(=O)NC(C)C(=O)Nc1ccc(COC(=O)C(C)C)cc1)C(C)C.[HH]. The first kappa shape index (κ1) is 31.1. The molecule has 9 nitrogen and oxygen atoms in total. The zero-order chi connectivity index (χ0) is 25.1. The van der Waals surface area contributed by atoms with E-state index < -0.39 is 23.9 Å². The fourth-order valence-electron chi connectivity index (χ4n) is 2.68. The van der Waals surface area contributed by atoms with Crippen molar-refractivity contribution in [3.63, 3.8) is 0 Å². The molecule has 0 heterocycles. The lowest BCUT2D eigenvalue weighted by Crippen LogP contribution is -2.55. The number of nitrogens with one attached hydrogen (secondary N) is 4. The summed E-state index contributed by atoms with van der Waals surface area (Å²) in [5, 5.41) is 11.1. The molecule has 0 bridgehead atoms. The van der Waals surface area contributed by atoms with Crippen molar-refractivity contribution in [1.29, 1.82) is 0 Å². The van der Waals surface area contributed by atoms with E-state index in [1.807, 2.05) is 27.7 Å². The van der Waals surface area contributed by atoms with E-state index in [0.717, 1.165) is 5.56 Å². The van der Waals surface area contributed by atoms with E-state index in [9.17, 15) is 19.2 Å². The van der Waals surface area contributed by atoms with Gasteiger partial charge in [0.05, 0.1) is 12.5 Å². The molecule has 0 aliphatic heterocycles. The number of ether oxygens (including phenoxy) is 1. The van der Waals surface area contributed by atoms with Crippen LogP contribution in [0.3, 0.4) is 0 Å². The maximum absolute atomic E-state index is 12.7. The van der Waals surface area contributed by atoms with Crippen LogP contribution in [0.1, 0.15) is 62.9 Å². The van der Waals surface area contributed by atoms with Gasteiger partial charge in [-0.3, -0.25) is 19.2 Å². The summed E-state index contributed by atoms with van der Waals surface area (Å²) in [5.74, 6) is -1.72. The van der Waals surface area contributed by atoms with E-state index in [1.54, 1.807) is 45.0 Å². The lowest BCUT2D eigenvalue weighted by atomic mass is 10.0. The molecular formula is C25H44N4O5. The van der Waals surface area contributed by atoms with E-state index in [-0.39, 0.29) is 51.8 Å². The van der Waals surface area contributed by atoms with Crippen LogP contribution >= 0.6 is 0 Å². The summed E-state index contributed by atoms with van der Waals surface area (Å²) in [5.41, 5.74) is 1.35. The average Bonchev–Trinajstić information content (AvgIpc) is 2.74. The largest absolute Gasteiger partial charge is 0.461 e. The highest BCUT2D eigenvalue weighted by Gasteiger charge is 2.27. The fourth-order valence-corrected chi connectivity index (χ4v) is 2.68. The zero-order valence-corrected chi connectivity index (χ0v) is 20.7. The van der Waals surface area contributed by atoms with Crippen molar-refractivity contribution in [2.75, 3.05) is 11.9 Å². The van der Waals surface area contributed by atoms with Gasteiger partial charge in [0.2, 0.25) is 17.7 Å². The second kappa shape index (κ2) is 15.1. The molecule has 1 aromatic carbocycles. The zero-order valence-electron chi connectivity index (χ0n) is 20.7. The minimum atomic E-state index is -0.809. The molecule has 0 aliphatic rings. The Balaban J connectivity index is 0. The molecule has 2 atom stereocenters. The maximum atomic E-state index is 12.7.